The van der Waals surface area contributed by atoms with Gasteiger partial charge in [-0.25, -0.2) is 0 Å². The Bertz CT molecular complexity index is 535. The standard InChI is InChI=1S/C14H19N3O/c1-8-5-9(2)13(10(3)6-8)14-16-12(17-18-14)7-11(4)15/h5-6,11H,7,15H2,1-4H3. The first-order chi connectivity index (χ1) is 8.47. The lowest BCUT2D eigenvalue weighted by atomic mass is 10.00. The van der Waals surface area contributed by atoms with Crippen molar-refractivity contribution in [1.82, 2.24) is 10.1 Å². The summed E-state index contributed by atoms with van der Waals surface area (Å²) in [6.07, 6.45) is 0.632. The number of aromatic nitrogens is 2. The Hall–Kier alpha value is -1.68. The molecule has 0 amide bonds. The first-order valence-corrected chi connectivity index (χ1v) is 6.13. The Labute approximate surface area is 107 Å². The summed E-state index contributed by atoms with van der Waals surface area (Å²) < 4.78 is 5.34. The van der Waals surface area contributed by atoms with Crippen molar-refractivity contribution in [2.24, 2.45) is 5.73 Å². The second-order valence-electron chi connectivity index (χ2n) is 4.97. The fourth-order valence-corrected chi connectivity index (χ4v) is 2.24. The fraction of sp³-hybridized carbons (Fsp3) is 0.429. The topological polar surface area (TPSA) is 64.9 Å². The van der Waals surface area contributed by atoms with Gasteiger partial charge in [0, 0.05) is 18.0 Å². The highest BCUT2D eigenvalue weighted by molar-refractivity contribution is 5.63. The van der Waals surface area contributed by atoms with E-state index >= 15 is 0 Å². The molecule has 2 aromatic rings. The van der Waals surface area contributed by atoms with Gasteiger partial charge in [0.25, 0.3) is 5.89 Å². The second-order valence-corrected chi connectivity index (χ2v) is 4.97. The lowest BCUT2D eigenvalue weighted by Crippen LogP contribution is -2.18. The zero-order chi connectivity index (χ0) is 13.3. The lowest BCUT2D eigenvalue weighted by Gasteiger charge is -2.06. The molecule has 4 nitrogen and oxygen atoms in total. The van der Waals surface area contributed by atoms with E-state index in [2.05, 4.69) is 43.0 Å². The molecule has 0 aliphatic rings. The van der Waals surface area contributed by atoms with Crippen molar-refractivity contribution in [3.05, 3.63) is 34.6 Å². The third-order valence-corrected chi connectivity index (χ3v) is 2.86. The van der Waals surface area contributed by atoms with Crippen LogP contribution in [0, 0.1) is 20.8 Å². The molecule has 1 aromatic carbocycles. The van der Waals surface area contributed by atoms with Crippen LogP contribution in [0.5, 0.6) is 0 Å². The van der Waals surface area contributed by atoms with Gasteiger partial charge in [-0.3, -0.25) is 0 Å². The lowest BCUT2D eigenvalue weighted by molar-refractivity contribution is 0.420. The molecule has 1 aromatic heterocycles. The summed E-state index contributed by atoms with van der Waals surface area (Å²) in [5, 5.41) is 3.97. The van der Waals surface area contributed by atoms with Crippen LogP contribution in [0.15, 0.2) is 16.7 Å². The Balaban J connectivity index is 2.40. The molecule has 1 atom stereocenters. The molecule has 0 spiro atoms. The Morgan fingerprint density at radius 1 is 1.22 bits per heavy atom. The third-order valence-electron chi connectivity index (χ3n) is 2.86. The minimum absolute atomic E-state index is 0.0376. The summed E-state index contributed by atoms with van der Waals surface area (Å²) in [5.74, 6) is 1.25. The van der Waals surface area contributed by atoms with Gasteiger partial charge < -0.3 is 10.3 Å². The summed E-state index contributed by atoms with van der Waals surface area (Å²) in [7, 11) is 0. The summed E-state index contributed by atoms with van der Waals surface area (Å²) in [4.78, 5) is 4.41. The largest absolute Gasteiger partial charge is 0.334 e. The summed E-state index contributed by atoms with van der Waals surface area (Å²) in [5.41, 5.74) is 10.3. The highest BCUT2D eigenvalue weighted by Gasteiger charge is 2.14. The van der Waals surface area contributed by atoms with Gasteiger partial charge in [0.05, 0.1) is 0 Å². The molecule has 0 radical (unpaired) electrons. The predicted molar refractivity (Wildman–Crippen MR) is 71.3 cm³/mol. The van der Waals surface area contributed by atoms with E-state index in [1.54, 1.807) is 0 Å². The molecule has 4 heteroatoms. The maximum absolute atomic E-state index is 5.73. The monoisotopic (exact) mass is 245 g/mol. The molecule has 0 saturated heterocycles. The van der Waals surface area contributed by atoms with Gasteiger partial charge in [-0.15, -0.1) is 0 Å². The summed E-state index contributed by atoms with van der Waals surface area (Å²) in [6, 6.07) is 4.28. The number of nitrogens with two attached hydrogens (primary N) is 1. The van der Waals surface area contributed by atoms with Crippen LogP contribution >= 0.6 is 0 Å². The molecule has 18 heavy (non-hydrogen) atoms. The van der Waals surface area contributed by atoms with Crippen LogP contribution in [0.25, 0.3) is 11.5 Å². The van der Waals surface area contributed by atoms with Gasteiger partial charge in [-0.2, -0.15) is 4.98 Å². The third kappa shape index (κ3) is 2.59. The SMILES string of the molecule is Cc1cc(C)c(-c2nc(CC(C)N)no2)c(C)c1. The van der Waals surface area contributed by atoms with Crippen molar-refractivity contribution in [3.63, 3.8) is 0 Å². The predicted octanol–water partition coefficient (Wildman–Crippen LogP) is 2.55. The first kappa shape index (κ1) is 12.8. The van der Waals surface area contributed by atoms with Crippen LogP contribution in [0.1, 0.15) is 29.4 Å². The summed E-state index contributed by atoms with van der Waals surface area (Å²) in [6.45, 7) is 8.13. The normalized spacial score (nSPS) is 12.7. The molecule has 1 heterocycles. The van der Waals surface area contributed by atoms with Crippen LogP contribution in [-0.2, 0) is 6.42 Å². The van der Waals surface area contributed by atoms with Crippen LogP contribution in [0.3, 0.4) is 0 Å². The zero-order valence-corrected chi connectivity index (χ0v) is 11.3. The molecule has 2 rings (SSSR count). The average molecular weight is 245 g/mol. The van der Waals surface area contributed by atoms with E-state index in [1.807, 2.05) is 6.92 Å². The van der Waals surface area contributed by atoms with E-state index in [0.29, 0.717) is 18.1 Å². The van der Waals surface area contributed by atoms with E-state index in [-0.39, 0.29) is 6.04 Å². The molecule has 96 valence electrons. The number of benzene rings is 1. The number of hydrogen-bond donors (Lipinski definition) is 1. The Morgan fingerprint density at radius 2 is 1.83 bits per heavy atom. The minimum atomic E-state index is 0.0376. The first-order valence-electron chi connectivity index (χ1n) is 6.13. The van der Waals surface area contributed by atoms with Crippen LogP contribution < -0.4 is 5.73 Å². The quantitative estimate of drug-likeness (QED) is 0.902. The molecule has 0 aliphatic carbocycles. The van der Waals surface area contributed by atoms with Gasteiger partial charge in [0.1, 0.15) is 0 Å². The van der Waals surface area contributed by atoms with Crippen molar-refractivity contribution >= 4 is 0 Å². The van der Waals surface area contributed by atoms with E-state index in [0.717, 1.165) is 16.7 Å². The molecule has 1 unspecified atom stereocenters. The van der Waals surface area contributed by atoms with Crippen molar-refractivity contribution in [2.75, 3.05) is 0 Å². The molecule has 0 bridgehead atoms. The van der Waals surface area contributed by atoms with E-state index in [4.69, 9.17) is 10.3 Å². The van der Waals surface area contributed by atoms with Gasteiger partial charge in [-0.1, -0.05) is 22.9 Å². The maximum atomic E-state index is 5.73. The van der Waals surface area contributed by atoms with Crippen molar-refractivity contribution in [1.29, 1.82) is 0 Å². The van der Waals surface area contributed by atoms with Gasteiger partial charge >= 0.3 is 0 Å². The average Bonchev–Trinajstić information content (AvgIpc) is 2.63. The van der Waals surface area contributed by atoms with Crippen molar-refractivity contribution in [3.8, 4) is 11.5 Å². The molecular formula is C14H19N3O. The highest BCUT2D eigenvalue weighted by Crippen LogP contribution is 2.26. The van der Waals surface area contributed by atoms with Crippen LogP contribution in [0.2, 0.25) is 0 Å². The molecular weight excluding hydrogens is 226 g/mol. The van der Waals surface area contributed by atoms with Crippen LogP contribution in [0.4, 0.5) is 0 Å². The molecule has 2 N–H and O–H groups in total. The van der Waals surface area contributed by atoms with E-state index in [9.17, 15) is 0 Å². The van der Waals surface area contributed by atoms with E-state index in [1.165, 1.54) is 5.56 Å². The number of rotatable bonds is 3. The van der Waals surface area contributed by atoms with Crippen molar-refractivity contribution in [2.45, 2.75) is 40.2 Å². The van der Waals surface area contributed by atoms with Crippen LogP contribution in [-0.4, -0.2) is 16.2 Å². The highest BCUT2D eigenvalue weighted by atomic mass is 16.5. The number of hydrogen-bond acceptors (Lipinski definition) is 4. The number of nitrogens with zero attached hydrogens (tertiary/aromatic N) is 2. The number of aryl methyl sites for hydroxylation is 3. The second kappa shape index (κ2) is 4.90. The summed E-state index contributed by atoms with van der Waals surface area (Å²) >= 11 is 0. The minimum Gasteiger partial charge on any atom is -0.334 e. The fourth-order valence-electron chi connectivity index (χ4n) is 2.24. The van der Waals surface area contributed by atoms with E-state index < -0.39 is 0 Å². The zero-order valence-electron chi connectivity index (χ0n) is 11.3. The molecule has 0 saturated carbocycles. The van der Waals surface area contributed by atoms with Gasteiger partial charge in [0.15, 0.2) is 5.82 Å². The van der Waals surface area contributed by atoms with Gasteiger partial charge in [0.2, 0.25) is 0 Å². The Morgan fingerprint density at radius 3 is 2.39 bits per heavy atom. The van der Waals surface area contributed by atoms with Crippen molar-refractivity contribution < 1.29 is 4.52 Å². The Kier molecular flexibility index (Phi) is 3.48. The van der Waals surface area contributed by atoms with Gasteiger partial charge in [-0.05, 0) is 38.8 Å². The molecule has 0 aliphatic heterocycles. The smallest absolute Gasteiger partial charge is 0.258 e. The maximum Gasteiger partial charge on any atom is 0.258 e. The molecule has 0 fully saturated rings.